The van der Waals surface area contributed by atoms with Crippen LogP contribution in [0.25, 0.3) is 0 Å². The van der Waals surface area contributed by atoms with Crippen LogP contribution in [0.15, 0.2) is 11.6 Å². The Balaban J connectivity index is 1.05. The van der Waals surface area contributed by atoms with Gasteiger partial charge in [0.05, 0.1) is 30.5 Å². The Bertz CT molecular complexity index is 1360. The molecule has 274 valence electrons. The van der Waals surface area contributed by atoms with Gasteiger partial charge in [0.2, 0.25) is 12.1 Å². The van der Waals surface area contributed by atoms with Gasteiger partial charge in [-0.25, -0.2) is 4.79 Å². The molecule has 49 heavy (non-hydrogen) atoms. The summed E-state index contributed by atoms with van der Waals surface area (Å²) in [6, 6.07) is 0. The van der Waals surface area contributed by atoms with Crippen molar-refractivity contribution in [3.8, 4) is 0 Å². The summed E-state index contributed by atoms with van der Waals surface area (Å²) in [4.78, 5) is 25.4. The summed E-state index contributed by atoms with van der Waals surface area (Å²) in [5.41, 5.74) is -1.36. The molecule has 0 amide bonds. The average molecular weight is 695 g/mol. The van der Waals surface area contributed by atoms with Crippen LogP contribution in [0.1, 0.15) is 71.6 Å². The average Bonchev–Trinajstić information content (AvgIpc) is 3.62. The van der Waals surface area contributed by atoms with E-state index in [0.717, 1.165) is 37.5 Å². The van der Waals surface area contributed by atoms with Crippen LogP contribution in [0.3, 0.4) is 0 Å². The van der Waals surface area contributed by atoms with Crippen molar-refractivity contribution in [3.63, 3.8) is 0 Å². The summed E-state index contributed by atoms with van der Waals surface area (Å²) in [7, 11) is 0. The third-order valence-corrected chi connectivity index (χ3v) is 14.2. The molecule has 4 aliphatic carbocycles. The van der Waals surface area contributed by atoms with Crippen molar-refractivity contribution in [1.29, 1.82) is 0 Å². The fourth-order valence-electron chi connectivity index (χ4n) is 11.7. The van der Waals surface area contributed by atoms with Crippen molar-refractivity contribution >= 4 is 12.3 Å². The number of hydrogen-bond donors (Lipinski definition) is 6. The maximum absolute atomic E-state index is 13.5. The minimum atomic E-state index is -2.17. The van der Waals surface area contributed by atoms with Gasteiger partial charge in [0.25, 0.3) is 0 Å². The van der Waals surface area contributed by atoms with E-state index >= 15 is 0 Å². The van der Waals surface area contributed by atoms with Crippen LogP contribution in [-0.2, 0) is 38.0 Å². The van der Waals surface area contributed by atoms with Crippen molar-refractivity contribution in [3.05, 3.63) is 11.6 Å². The van der Waals surface area contributed by atoms with Crippen molar-refractivity contribution < 1.29 is 68.6 Å². The maximum Gasteiger partial charge on any atom is 0.331 e. The zero-order valence-corrected chi connectivity index (χ0v) is 28.0. The minimum absolute atomic E-state index is 0.0156. The number of aldehydes is 1. The first kappa shape index (κ1) is 34.5. The van der Waals surface area contributed by atoms with Crippen LogP contribution in [0.5, 0.6) is 0 Å². The van der Waals surface area contributed by atoms with Crippen LogP contribution in [0.2, 0.25) is 0 Å². The Morgan fingerprint density at radius 2 is 1.76 bits per heavy atom. The second-order valence-corrected chi connectivity index (χ2v) is 16.4. The SMILES string of the molecule is C[C@@H]1C[C@@H](O[C@@H]2O[C@H](CO)[C@@H](O)[C@H](O)[C@H]2O)[C@]2(O)O[C@@H]3C[C@@]4(C=O)[C@@H](CC[C@@H]5[C@@H]4CC[C@]4(C)[C@@H](C6=CC(=O)OC6)CC[C@]54O)C[C@H]3O[C@@H]2O1. The minimum Gasteiger partial charge on any atom is -0.458 e. The van der Waals surface area contributed by atoms with E-state index < -0.39 is 90.2 Å². The molecule has 0 bridgehead atoms. The first-order valence-corrected chi connectivity index (χ1v) is 18.0. The van der Waals surface area contributed by atoms with Crippen molar-refractivity contribution in [2.75, 3.05) is 13.2 Å². The largest absolute Gasteiger partial charge is 0.458 e. The van der Waals surface area contributed by atoms with E-state index in [1.807, 2.05) is 0 Å². The zero-order chi connectivity index (χ0) is 34.7. The molecule has 0 radical (unpaired) electrons. The summed E-state index contributed by atoms with van der Waals surface area (Å²) in [5, 5.41) is 65.7. The summed E-state index contributed by atoms with van der Waals surface area (Å²) < 4.78 is 35.9. The van der Waals surface area contributed by atoms with Gasteiger partial charge in [-0.05, 0) is 87.5 Å². The number of fused-ring (bicyclic) bond motifs is 7. The highest BCUT2D eigenvalue weighted by molar-refractivity contribution is 5.85. The molecule has 0 aromatic rings. The standard InChI is InChI=1S/C35H50O14/c1-16-9-25(48-30-29(41)28(40)27(39)24(13-36)46-30)35(43)31(45-16)47-22-11-18-3-4-21-20(33(18,15-37)12-23(22)49-35)5-7-32(2)19(6-8-34(21,32)42)17-10-26(38)44-14-17/h10,15-16,18-25,27-31,36,39-43H,3-9,11-14H2,1-2H3/t16-,18+,19-,20+,21-,22-,23-,24-,25-,27-,28+,29-,30+,31+,32-,33-,34+,35+/m1/s1. The third kappa shape index (κ3) is 4.93. The Labute approximate surface area is 284 Å². The highest BCUT2D eigenvalue weighted by atomic mass is 16.8. The fourth-order valence-corrected chi connectivity index (χ4v) is 11.7. The van der Waals surface area contributed by atoms with Gasteiger partial charge in [-0.3, -0.25) is 0 Å². The molecule has 4 aliphatic heterocycles. The molecular formula is C35H50O14. The summed E-state index contributed by atoms with van der Waals surface area (Å²) in [6.07, 6.45) is -3.89. The van der Waals surface area contributed by atoms with Gasteiger partial charge in [0.1, 0.15) is 43.4 Å². The predicted molar refractivity (Wildman–Crippen MR) is 164 cm³/mol. The van der Waals surface area contributed by atoms with Gasteiger partial charge in [-0.2, -0.15) is 0 Å². The van der Waals surface area contributed by atoms with Crippen LogP contribution >= 0.6 is 0 Å². The Morgan fingerprint density at radius 1 is 0.959 bits per heavy atom. The number of cyclic esters (lactones) is 1. The second-order valence-electron chi connectivity index (χ2n) is 16.4. The quantitative estimate of drug-likeness (QED) is 0.125. The zero-order valence-electron chi connectivity index (χ0n) is 28.0. The van der Waals surface area contributed by atoms with Gasteiger partial charge in [-0.1, -0.05) is 6.92 Å². The topological polar surface area (TPSA) is 211 Å². The van der Waals surface area contributed by atoms with Gasteiger partial charge in [0, 0.05) is 23.3 Å². The first-order chi connectivity index (χ1) is 23.3. The highest BCUT2D eigenvalue weighted by Crippen LogP contribution is 2.70. The molecule has 6 N–H and O–H groups in total. The maximum atomic E-state index is 13.5. The van der Waals surface area contributed by atoms with E-state index in [1.54, 1.807) is 13.0 Å². The summed E-state index contributed by atoms with van der Waals surface area (Å²) >= 11 is 0. The van der Waals surface area contributed by atoms with Gasteiger partial charge >= 0.3 is 5.97 Å². The number of hydrogen-bond acceptors (Lipinski definition) is 14. The molecule has 18 atom stereocenters. The Morgan fingerprint density at radius 3 is 2.47 bits per heavy atom. The molecule has 4 heterocycles. The number of carbonyl (C=O) groups excluding carboxylic acids is 2. The highest BCUT2D eigenvalue weighted by Gasteiger charge is 2.71. The summed E-state index contributed by atoms with van der Waals surface area (Å²) in [5.74, 6) is -2.74. The molecular weight excluding hydrogens is 644 g/mol. The predicted octanol–water partition coefficient (Wildman–Crippen LogP) is -0.175. The Kier molecular flexibility index (Phi) is 8.45. The molecule has 0 unspecified atom stereocenters. The lowest BCUT2D eigenvalue weighted by Crippen LogP contribution is -2.72. The summed E-state index contributed by atoms with van der Waals surface area (Å²) in [6.45, 7) is 3.54. The Hall–Kier alpha value is -1.56. The number of ether oxygens (including phenoxy) is 6. The number of aliphatic hydroxyl groups is 6. The van der Waals surface area contributed by atoms with E-state index in [-0.39, 0.29) is 49.1 Å². The molecule has 8 aliphatic rings. The van der Waals surface area contributed by atoms with Crippen LogP contribution in [-0.4, -0.2) is 129 Å². The molecule has 14 heteroatoms. The number of carbonyl (C=O) groups is 2. The third-order valence-electron chi connectivity index (χ3n) is 14.2. The molecule has 8 rings (SSSR count). The number of esters is 1. The van der Waals surface area contributed by atoms with E-state index in [1.165, 1.54) is 0 Å². The smallest absolute Gasteiger partial charge is 0.331 e. The monoisotopic (exact) mass is 694 g/mol. The van der Waals surface area contributed by atoms with Crippen molar-refractivity contribution in [2.45, 2.75) is 144 Å². The van der Waals surface area contributed by atoms with E-state index in [0.29, 0.717) is 19.3 Å². The van der Waals surface area contributed by atoms with Crippen molar-refractivity contribution in [1.82, 2.24) is 0 Å². The van der Waals surface area contributed by atoms with E-state index in [9.17, 15) is 40.2 Å². The lowest BCUT2D eigenvalue weighted by atomic mass is 9.42. The van der Waals surface area contributed by atoms with Crippen molar-refractivity contribution in [2.24, 2.45) is 34.5 Å². The van der Waals surface area contributed by atoms with Crippen LogP contribution < -0.4 is 0 Å². The van der Waals surface area contributed by atoms with Crippen LogP contribution in [0.4, 0.5) is 0 Å². The second kappa shape index (κ2) is 12.0. The molecule has 0 aromatic carbocycles. The molecule has 0 aromatic heterocycles. The lowest BCUT2D eigenvalue weighted by molar-refractivity contribution is -0.471. The van der Waals surface area contributed by atoms with E-state index in [2.05, 4.69) is 6.92 Å². The normalized spacial score (nSPS) is 56.7. The lowest BCUT2D eigenvalue weighted by Gasteiger charge is -2.65. The first-order valence-electron chi connectivity index (χ1n) is 18.0. The molecule has 3 saturated heterocycles. The number of rotatable bonds is 5. The molecule has 7 fully saturated rings. The fraction of sp³-hybridized carbons (Fsp3) is 0.886. The molecule has 14 nitrogen and oxygen atoms in total. The van der Waals surface area contributed by atoms with Gasteiger partial charge in [-0.15, -0.1) is 0 Å². The molecule has 4 saturated carbocycles. The van der Waals surface area contributed by atoms with Gasteiger partial charge < -0.3 is 63.9 Å². The van der Waals surface area contributed by atoms with Crippen LogP contribution in [0, 0.1) is 34.5 Å². The van der Waals surface area contributed by atoms with Gasteiger partial charge in [0.15, 0.2) is 6.29 Å². The van der Waals surface area contributed by atoms with E-state index in [4.69, 9.17) is 28.4 Å². The molecule has 0 spiro atoms. The number of aliphatic hydroxyl groups excluding tert-OH is 4.